The van der Waals surface area contributed by atoms with Crippen LogP contribution < -0.4 is 15.4 Å². The zero-order chi connectivity index (χ0) is 21.4. The van der Waals surface area contributed by atoms with Gasteiger partial charge in [0.25, 0.3) is 5.91 Å². The highest BCUT2D eigenvalue weighted by Gasteiger charge is 2.11. The lowest BCUT2D eigenvalue weighted by Crippen LogP contribution is -2.14. The lowest BCUT2D eigenvalue weighted by Gasteiger charge is -2.12. The first-order valence-corrected chi connectivity index (χ1v) is 10.7. The molecule has 2 rings (SSSR count). The fourth-order valence-corrected chi connectivity index (χ4v) is 3.08. The number of rotatable bonds is 9. The molecule has 0 aromatic heterocycles. The quantitative estimate of drug-likeness (QED) is 0.474. The number of halogens is 1. The van der Waals surface area contributed by atoms with Crippen molar-refractivity contribution in [1.82, 2.24) is 0 Å². The van der Waals surface area contributed by atoms with Crippen LogP contribution in [0.4, 0.5) is 11.4 Å². The van der Waals surface area contributed by atoms with E-state index in [9.17, 15) is 9.59 Å². The van der Waals surface area contributed by atoms with Crippen molar-refractivity contribution in [1.29, 1.82) is 0 Å². The minimum absolute atomic E-state index is 0.0164. The van der Waals surface area contributed by atoms with Gasteiger partial charge in [-0.2, -0.15) is 0 Å². The van der Waals surface area contributed by atoms with Gasteiger partial charge in [-0.25, -0.2) is 0 Å². The average Bonchev–Trinajstić information content (AvgIpc) is 2.63. The Hall–Kier alpha value is -2.34. The number of hydrogen-bond donors (Lipinski definition) is 2. The number of anilines is 2. The minimum Gasteiger partial charge on any atom is -0.492 e. The van der Waals surface area contributed by atoms with Crippen molar-refractivity contribution in [2.75, 3.05) is 17.2 Å². The number of nitrogens with one attached hydrogen (secondary N) is 2. The first-order chi connectivity index (χ1) is 13.7. The zero-order valence-corrected chi connectivity index (χ0v) is 19.0. The molecular formula is C23H29BrN2O3. The third-order valence-electron chi connectivity index (χ3n) is 4.17. The highest BCUT2D eigenvalue weighted by molar-refractivity contribution is 9.10. The summed E-state index contributed by atoms with van der Waals surface area (Å²) in [7, 11) is 0. The molecule has 0 radical (unpaired) electrons. The van der Waals surface area contributed by atoms with E-state index in [1.807, 2.05) is 13.8 Å². The topological polar surface area (TPSA) is 67.4 Å². The largest absolute Gasteiger partial charge is 0.492 e. The Morgan fingerprint density at radius 1 is 0.931 bits per heavy atom. The Labute approximate surface area is 181 Å². The second kappa shape index (κ2) is 11.0. The summed E-state index contributed by atoms with van der Waals surface area (Å²) in [5.41, 5.74) is 1.90. The lowest BCUT2D eigenvalue weighted by atomic mass is 10.1. The smallest absolute Gasteiger partial charge is 0.255 e. The third kappa shape index (κ3) is 7.89. The number of carbonyl (C=O) groups excluding carboxylic acids is 2. The molecule has 2 amide bonds. The molecule has 0 saturated carbocycles. The first-order valence-electron chi connectivity index (χ1n) is 9.88. The highest BCUT2D eigenvalue weighted by Crippen LogP contribution is 2.27. The van der Waals surface area contributed by atoms with E-state index >= 15 is 0 Å². The molecule has 2 N–H and O–H groups in total. The normalized spacial score (nSPS) is 10.9. The van der Waals surface area contributed by atoms with Crippen LogP contribution in [0.2, 0.25) is 0 Å². The van der Waals surface area contributed by atoms with E-state index in [4.69, 9.17) is 4.74 Å². The molecule has 156 valence electrons. The lowest BCUT2D eigenvalue weighted by molar-refractivity contribution is -0.116. The molecule has 0 unspecified atom stereocenters. The van der Waals surface area contributed by atoms with Crippen molar-refractivity contribution in [3.05, 3.63) is 52.5 Å². The molecule has 0 saturated heterocycles. The van der Waals surface area contributed by atoms with Crippen LogP contribution in [-0.2, 0) is 4.79 Å². The van der Waals surface area contributed by atoms with Crippen molar-refractivity contribution >= 4 is 39.1 Å². The Balaban J connectivity index is 1.94. The summed E-state index contributed by atoms with van der Waals surface area (Å²) >= 11 is 3.47. The fourth-order valence-electron chi connectivity index (χ4n) is 2.59. The fraction of sp³-hybridized carbons (Fsp3) is 0.391. The third-order valence-corrected chi connectivity index (χ3v) is 4.79. The minimum atomic E-state index is -0.212. The van der Waals surface area contributed by atoms with Gasteiger partial charge in [0, 0.05) is 23.4 Å². The van der Waals surface area contributed by atoms with Crippen LogP contribution in [0.5, 0.6) is 5.75 Å². The van der Waals surface area contributed by atoms with E-state index in [0.717, 1.165) is 16.6 Å². The van der Waals surface area contributed by atoms with Crippen LogP contribution in [0.25, 0.3) is 0 Å². The van der Waals surface area contributed by atoms with E-state index in [1.54, 1.807) is 42.5 Å². The molecule has 5 nitrogen and oxygen atoms in total. The standard InChI is InChI=1S/C23H29BrN2O3/c1-15(2)11-12-29-21-10-5-17(14-20(21)24)23(28)26-19-8-6-18(7-9-19)25-22(27)13-16(3)4/h5-10,14-16H,11-13H2,1-4H3,(H,25,27)(H,26,28). The van der Waals surface area contributed by atoms with Gasteiger partial charge in [0.05, 0.1) is 11.1 Å². The van der Waals surface area contributed by atoms with E-state index < -0.39 is 0 Å². The SMILES string of the molecule is CC(C)CCOc1ccc(C(=O)Nc2ccc(NC(=O)CC(C)C)cc2)cc1Br. The maximum absolute atomic E-state index is 12.5. The predicted octanol–water partition coefficient (Wildman–Crippen LogP) is 6.11. The van der Waals surface area contributed by atoms with Crippen molar-refractivity contribution in [2.24, 2.45) is 11.8 Å². The Morgan fingerprint density at radius 2 is 1.55 bits per heavy atom. The van der Waals surface area contributed by atoms with Crippen LogP contribution in [0.15, 0.2) is 46.9 Å². The van der Waals surface area contributed by atoms with Crippen molar-refractivity contribution in [2.45, 2.75) is 40.5 Å². The molecule has 0 aliphatic carbocycles. The summed E-state index contributed by atoms with van der Waals surface area (Å²) in [6.45, 7) is 8.94. The average molecular weight is 461 g/mol. The first kappa shape index (κ1) is 22.9. The molecule has 0 aliphatic heterocycles. The zero-order valence-electron chi connectivity index (χ0n) is 17.4. The molecule has 0 atom stereocenters. The van der Waals surface area contributed by atoms with Gasteiger partial charge in [0.15, 0.2) is 0 Å². The Bertz CT molecular complexity index is 833. The molecule has 0 fully saturated rings. The van der Waals surface area contributed by atoms with E-state index in [1.165, 1.54) is 0 Å². The second-order valence-corrected chi connectivity index (χ2v) is 8.71. The summed E-state index contributed by atoms with van der Waals surface area (Å²) in [5.74, 6) is 1.38. The van der Waals surface area contributed by atoms with Gasteiger partial charge in [0.2, 0.25) is 5.91 Å². The maximum Gasteiger partial charge on any atom is 0.255 e. The monoisotopic (exact) mass is 460 g/mol. The van der Waals surface area contributed by atoms with E-state index in [0.29, 0.717) is 41.8 Å². The molecule has 2 aromatic carbocycles. The predicted molar refractivity (Wildman–Crippen MR) is 122 cm³/mol. The molecule has 0 bridgehead atoms. The Kier molecular flexibility index (Phi) is 8.70. The molecule has 6 heteroatoms. The van der Waals surface area contributed by atoms with Gasteiger partial charge in [-0.3, -0.25) is 9.59 Å². The summed E-state index contributed by atoms with van der Waals surface area (Å²) in [6.07, 6.45) is 1.45. The summed E-state index contributed by atoms with van der Waals surface area (Å²) in [5, 5.41) is 5.71. The van der Waals surface area contributed by atoms with Crippen LogP contribution in [0.1, 0.15) is 50.9 Å². The molecule has 29 heavy (non-hydrogen) atoms. The molecule has 0 aliphatic rings. The summed E-state index contributed by atoms with van der Waals surface area (Å²) in [4.78, 5) is 24.4. The second-order valence-electron chi connectivity index (χ2n) is 7.85. The molecule has 0 heterocycles. The van der Waals surface area contributed by atoms with Crippen LogP contribution in [-0.4, -0.2) is 18.4 Å². The van der Waals surface area contributed by atoms with Crippen molar-refractivity contribution < 1.29 is 14.3 Å². The van der Waals surface area contributed by atoms with Gasteiger partial charge >= 0.3 is 0 Å². The van der Waals surface area contributed by atoms with E-state index in [2.05, 4.69) is 40.4 Å². The number of amides is 2. The maximum atomic E-state index is 12.5. The summed E-state index contributed by atoms with van der Waals surface area (Å²) in [6, 6.07) is 12.4. The van der Waals surface area contributed by atoms with E-state index in [-0.39, 0.29) is 11.8 Å². The van der Waals surface area contributed by atoms with Crippen molar-refractivity contribution in [3.8, 4) is 5.75 Å². The molecule has 0 spiro atoms. The van der Waals surface area contributed by atoms with Gasteiger partial charge in [-0.05, 0) is 76.7 Å². The highest BCUT2D eigenvalue weighted by atomic mass is 79.9. The Morgan fingerprint density at radius 3 is 2.10 bits per heavy atom. The number of carbonyl (C=O) groups is 2. The number of hydrogen-bond acceptors (Lipinski definition) is 3. The van der Waals surface area contributed by atoms with Crippen LogP contribution in [0, 0.1) is 11.8 Å². The van der Waals surface area contributed by atoms with Crippen LogP contribution in [0.3, 0.4) is 0 Å². The number of ether oxygens (including phenoxy) is 1. The number of benzene rings is 2. The van der Waals surface area contributed by atoms with Crippen molar-refractivity contribution in [3.63, 3.8) is 0 Å². The van der Waals surface area contributed by atoms with Gasteiger partial charge in [-0.15, -0.1) is 0 Å². The van der Waals surface area contributed by atoms with Crippen LogP contribution >= 0.6 is 15.9 Å². The molecular weight excluding hydrogens is 432 g/mol. The van der Waals surface area contributed by atoms with Gasteiger partial charge in [-0.1, -0.05) is 27.7 Å². The van der Waals surface area contributed by atoms with Gasteiger partial charge in [0.1, 0.15) is 5.75 Å². The summed E-state index contributed by atoms with van der Waals surface area (Å²) < 4.78 is 6.50. The van der Waals surface area contributed by atoms with Gasteiger partial charge < -0.3 is 15.4 Å². The molecule has 2 aromatic rings.